The van der Waals surface area contributed by atoms with E-state index in [1.165, 1.54) is 6.08 Å². The molecule has 21 heavy (non-hydrogen) atoms. The second-order valence-corrected chi connectivity index (χ2v) is 5.15. The third-order valence-corrected chi connectivity index (χ3v) is 3.03. The Labute approximate surface area is 124 Å². The van der Waals surface area contributed by atoms with Crippen LogP contribution in [0.15, 0.2) is 24.3 Å². The fourth-order valence-corrected chi connectivity index (χ4v) is 1.86. The van der Waals surface area contributed by atoms with Gasteiger partial charge in [0.05, 0.1) is 7.11 Å². The summed E-state index contributed by atoms with van der Waals surface area (Å²) in [7, 11) is 1.56. The number of hydrogen-bond acceptors (Lipinski definition) is 3. The van der Waals surface area contributed by atoms with Crippen molar-refractivity contribution in [3.63, 3.8) is 0 Å². The minimum atomic E-state index is -1.04. The van der Waals surface area contributed by atoms with Gasteiger partial charge in [0.1, 0.15) is 11.8 Å². The zero-order valence-electron chi connectivity index (χ0n) is 12.7. The Bertz CT molecular complexity index is 549. The Balaban J connectivity index is 2.83. The summed E-state index contributed by atoms with van der Waals surface area (Å²) in [4.78, 5) is 22.9. The summed E-state index contributed by atoms with van der Waals surface area (Å²) < 4.78 is 5.21. The highest BCUT2D eigenvalue weighted by atomic mass is 16.5. The number of carbonyl (C=O) groups excluding carboxylic acids is 1. The maximum Gasteiger partial charge on any atom is 0.326 e. The van der Waals surface area contributed by atoms with E-state index in [1.807, 2.05) is 25.1 Å². The average Bonchev–Trinajstić information content (AvgIpc) is 2.42. The number of nitrogens with one attached hydrogen (secondary N) is 1. The summed E-state index contributed by atoms with van der Waals surface area (Å²) in [5.74, 6) is -1.02. The summed E-state index contributed by atoms with van der Waals surface area (Å²) in [6, 6.07) is 4.72. The molecule has 2 N–H and O–H groups in total. The molecule has 0 spiro atoms. The monoisotopic (exact) mass is 291 g/mol. The summed E-state index contributed by atoms with van der Waals surface area (Å²) in [5.41, 5.74) is 1.81. The van der Waals surface area contributed by atoms with Crippen molar-refractivity contribution in [1.82, 2.24) is 5.32 Å². The van der Waals surface area contributed by atoms with Gasteiger partial charge in [-0.05, 0) is 31.1 Å². The molecule has 0 aliphatic heterocycles. The molecule has 0 aliphatic rings. The Morgan fingerprint density at radius 3 is 2.52 bits per heavy atom. The van der Waals surface area contributed by atoms with E-state index in [4.69, 9.17) is 9.84 Å². The SMILES string of the molecule is COc1ccc(C)cc1/C=C/C(=O)N[C@H](C(=O)O)C(C)C. The number of carboxylic acid groups (broad SMARTS) is 1. The molecule has 1 atom stereocenters. The highest BCUT2D eigenvalue weighted by Gasteiger charge is 2.22. The highest BCUT2D eigenvalue weighted by Crippen LogP contribution is 2.20. The van der Waals surface area contributed by atoms with E-state index >= 15 is 0 Å². The number of rotatable bonds is 6. The number of benzene rings is 1. The third-order valence-electron chi connectivity index (χ3n) is 3.03. The molecule has 114 valence electrons. The molecule has 0 bridgehead atoms. The van der Waals surface area contributed by atoms with Gasteiger partial charge >= 0.3 is 5.97 Å². The van der Waals surface area contributed by atoms with Crippen LogP contribution in [-0.4, -0.2) is 30.1 Å². The van der Waals surface area contributed by atoms with Gasteiger partial charge in [-0.15, -0.1) is 0 Å². The first-order valence-electron chi connectivity index (χ1n) is 6.71. The highest BCUT2D eigenvalue weighted by molar-refractivity contribution is 5.94. The van der Waals surface area contributed by atoms with Gasteiger partial charge in [-0.3, -0.25) is 4.79 Å². The number of aryl methyl sites for hydroxylation is 1. The standard InChI is InChI=1S/C16H21NO4/c1-10(2)15(16(19)20)17-14(18)8-6-12-9-11(3)5-7-13(12)21-4/h5-10,15H,1-4H3,(H,17,18)(H,19,20)/b8-6+/t15-/m0/s1. The van der Waals surface area contributed by atoms with Gasteiger partial charge in [0.15, 0.2) is 0 Å². The van der Waals surface area contributed by atoms with Crippen LogP contribution in [0.25, 0.3) is 6.08 Å². The molecule has 0 fully saturated rings. The number of methoxy groups -OCH3 is 1. The largest absolute Gasteiger partial charge is 0.496 e. The quantitative estimate of drug-likeness (QED) is 0.788. The number of carboxylic acids is 1. The van der Waals surface area contributed by atoms with Crippen LogP contribution in [0.3, 0.4) is 0 Å². The maximum absolute atomic E-state index is 11.8. The Morgan fingerprint density at radius 2 is 2.00 bits per heavy atom. The Morgan fingerprint density at radius 1 is 1.33 bits per heavy atom. The van der Waals surface area contributed by atoms with E-state index in [9.17, 15) is 9.59 Å². The molecule has 0 radical (unpaired) electrons. The van der Waals surface area contributed by atoms with Gasteiger partial charge in [0.25, 0.3) is 0 Å². The first-order chi connectivity index (χ1) is 9.85. The average molecular weight is 291 g/mol. The summed E-state index contributed by atoms with van der Waals surface area (Å²) in [6.45, 7) is 5.43. The fraction of sp³-hybridized carbons (Fsp3) is 0.375. The second kappa shape index (κ2) is 7.47. The van der Waals surface area contributed by atoms with Gasteiger partial charge in [-0.2, -0.15) is 0 Å². The second-order valence-electron chi connectivity index (χ2n) is 5.15. The molecular weight excluding hydrogens is 270 g/mol. The minimum absolute atomic E-state index is 0.187. The number of hydrogen-bond donors (Lipinski definition) is 2. The summed E-state index contributed by atoms with van der Waals surface area (Å²) in [5, 5.41) is 11.5. The lowest BCUT2D eigenvalue weighted by atomic mass is 10.0. The molecule has 5 heteroatoms. The van der Waals surface area contributed by atoms with Gasteiger partial charge < -0.3 is 15.2 Å². The first-order valence-corrected chi connectivity index (χ1v) is 6.71. The van der Waals surface area contributed by atoms with Crippen molar-refractivity contribution in [1.29, 1.82) is 0 Å². The topological polar surface area (TPSA) is 75.6 Å². The van der Waals surface area contributed by atoms with Crippen LogP contribution in [0.4, 0.5) is 0 Å². The molecule has 0 unspecified atom stereocenters. The lowest BCUT2D eigenvalue weighted by Gasteiger charge is -2.16. The molecular formula is C16H21NO4. The fourth-order valence-electron chi connectivity index (χ4n) is 1.86. The van der Waals surface area contributed by atoms with Crippen LogP contribution in [0.1, 0.15) is 25.0 Å². The van der Waals surface area contributed by atoms with Crippen LogP contribution in [0.5, 0.6) is 5.75 Å². The molecule has 0 aliphatic carbocycles. The molecule has 1 aromatic rings. The smallest absolute Gasteiger partial charge is 0.326 e. The molecule has 0 saturated heterocycles. The van der Waals surface area contributed by atoms with Crippen LogP contribution < -0.4 is 10.1 Å². The van der Waals surface area contributed by atoms with Crippen molar-refractivity contribution in [3.05, 3.63) is 35.4 Å². The van der Waals surface area contributed by atoms with Crippen molar-refractivity contribution >= 4 is 18.0 Å². The van der Waals surface area contributed by atoms with Gasteiger partial charge in [-0.25, -0.2) is 4.79 Å². The van der Waals surface area contributed by atoms with Crippen LogP contribution in [0.2, 0.25) is 0 Å². The molecule has 0 saturated carbocycles. The minimum Gasteiger partial charge on any atom is -0.496 e. The predicted molar refractivity (Wildman–Crippen MR) is 81.2 cm³/mol. The number of carbonyl (C=O) groups is 2. The zero-order valence-corrected chi connectivity index (χ0v) is 12.7. The molecule has 1 rings (SSSR count). The van der Waals surface area contributed by atoms with E-state index in [0.29, 0.717) is 5.75 Å². The van der Waals surface area contributed by atoms with E-state index in [-0.39, 0.29) is 5.92 Å². The van der Waals surface area contributed by atoms with Crippen molar-refractivity contribution in [2.24, 2.45) is 5.92 Å². The lowest BCUT2D eigenvalue weighted by molar-refractivity contribution is -0.142. The molecule has 0 aromatic heterocycles. The maximum atomic E-state index is 11.8. The van der Waals surface area contributed by atoms with E-state index in [0.717, 1.165) is 11.1 Å². The van der Waals surface area contributed by atoms with Crippen LogP contribution in [0, 0.1) is 12.8 Å². The third kappa shape index (κ3) is 4.95. The Kier molecular flexibility index (Phi) is 5.96. The van der Waals surface area contributed by atoms with E-state index in [2.05, 4.69) is 5.32 Å². The van der Waals surface area contributed by atoms with Gasteiger partial charge in [0.2, 0.25) is 5.91 Å². The zero-order chi connectivity index (χ0) is 16.0. The van der Waals surface area contributed by atoms with E-state index in [1.54, 1.807) is 27.0 Å². The lowest BCUT2D eigenvalue weighted by Crippen LogP contribution is -2.43. The predicted octanol–water partition coefficient (Wildman–Crippen LogP) is 2.24. The first kappa shape index (κ1) is 16.8. The van der Waals surface area contributed by atoms with Crippen molar-refractivity contribution in [2.45, 2.75) is 26.8 Å². The Hall–Kier alpha value is -2.30. The van der Waals surface area contributed by atoms with E-state index < -0.39 is 17.9 Å². The van der Waals surface area contributed by atoms with Gasteiger partial charge in [-0.1, -0.05) is 25.5 Å². The van der Waals surface area contributed by atoms with Crippen molar-refractivity contribution in [2.75, 3.05) is 7.11 Å². The number of ether oxygens (including phenoxy) is 1. The molecule has 0 heterocycles. The van der Waals surface area contributed by atoms with Crippen molar-refractivity contribution in [3.8, 4) is 5.75 Å². The number of aliphatic carboxylic acids is 1. The molecule has 5 nitrogen and oxygen atoms in total. The van der Waals surface area contributed by atoms with Crippen molar-refractivity contribution < 1.29 is 19.4 Å². The molecule has 1 aromatic carbocycles. The molecule has 1 amide bonds. The summed E-state index contributed by atoms with van der Waals surface area (Å²) in [6.07, 6.45) is 2.93. The summed E-state index contributed by atoms with van der Waals surface area (Å²) >= 11 is 0. The van der Waals surface area contributed by atoms with Crippen LogP contribution in [-0.2, 0) is 9.59 Å². The van der Waals surface area contributed by atoms with Gasteiger partial charge in [0, 0.05) is 11.6 Å². The number of amides is 1. The normalized spacial score (nSPS) is 12.4. The van der Waals surface area contributed by atoms with Crippen LogP contribution >= 0.6 is 0 Å².